The Kier molecular flexibility index (Phi) is 3.71. The summed E-state index contributed by atoms with van der Waals surface area (Å²) in [4.78, 5) is 0. The lowest BCUT2D eigenvalue weighted by Gasteiger charge is -2.12. The second-order valence-electron chi connectivity index (χ2n) is 5.06. The zero-order valence-electron chi connectivity index (χ0n) is 11.6. The molecule has 2 aromatic carbocycles. The van der Waals surface area contributed by atoms with Crippen molar-refractivity contribution in [1.82, 2.24) is 0 Å². The SMILES string of the molecule is CNc1cccc(-c2cc(C(C)C)ccc2C)c1. The molecule has 0 atom stereocenters. The van der Waals surface area contributed by atoms with Crippen molar-refractivity contribution in [1.29, 1.82) is 0 Å². The van der Waals surface area contributed by atoms with Crippen LogP contribution in [0.5, 0.6) is 0 Å². The molecule has 0 amide bonds. The van der Waals surface area contributed by atoms with E-state index in [4.69, 9.17) is 0 Å². The predicted octanol–water partition coefficient (Wildman–Crippen LogP) is 4.83. The van der Waals surface area contributed by atoms with E-state index in [1.807, 2.05) is 7.05 Å². The van der Waals surface area contributed by atoms with Crippen molar-refractivity contribution in [3.8, 4) is 11.1 Å². The van der Waals surface area contributed by atoms with Gasteiger partial charge in [-0.1, -0.05) is 44.2 Å². The third-order valence-corrected chi connectivity index (χ3v) is 3.39. The van der Waals surface area contributed by atoms with Gasteiger partial charge in [-0.3, -0.25) is 0 Å². The summed E-state index contributed by atoms with van der Waals surface area (Å²) >= 11 is 0. The number of rotatable bonds is 3. The van der Waals surface area contributed by atoms with Crippen LogP contribution in [0.4, 0.5) is 5.69 Å². The molecule has 0 saturated heterocycles. The third kappa shape index (κ3) is 2.56. The van der Waals surface area contributed by atoms with E-state index >= 15 is 0 Å². The maximum absolute atomic E-state index is 3.19. The largest absolute Gasteiger partial charge is 0.388 e. The molecule has 0 aliphatic carbocycles. The molecule has 0 spiro atoms. The molecule has 0 unspecified atom stereocenters. The maximum atomic E-state index is 3.19. The van der Waals surface area contributed by atoms with E-state index in [1.54, 1.807) is 0 Å². The molecule has 1 N–H and O–H groups in total. The highest BCUT2D eigenvalue weighted by atomic mass is 14.8. The Morgan fingerprint density at radius 1 is 1.00 bits per heavy atom. The molecule has 2 aromatic rings. The zero-order chi connectivity index (χ0) is 13.1. The summed E-state index contributed by atoms with van der Waals surface area (Å²) in [6, 6.07) is 15.3. The fourth-order valence-electron chi connectivity index (χ4n) is 2.15. The summed E-state index contributed by atoms with van der Waals surface area (Å²) in [5, 5.41) is 3.19. The molecular formula is C17H21N. The first-order chi connectivity index (χ1) is 8.61. The first kappa shape index (κ1) is 12.7. The lowest BCUT2D eigenvalue weighted by atomic mass is 9.94. The van der Waals surface area contributed by atoms with Crippen LogP contribution in [0.1, 0.15) is 30.9 Å². The molecule has 2 rings (SSSR count). The van der Waals surface area contributed by atoms with Crippen molar-refractivity contribution >= 4 is 5.69 Å². The Bertz CT molecular complexity index is 541. The maximum Gasteiger partial charge on any atom is 0.0343 e. The molecule has 1 heteroatoms. The van der Waals surface area contributed by atoms with E-state index in [9.17, 15) is 0 Å². The highest BCUT2D eigenvalue weighted by Crippen LogP contribution is 2.28. The fraction of sp³-hybridized carbons (Fsp3) is 0.294. The van der Waals surface area contributed by atoms with E-state index in [2.05, 4.69) is 68.6 Å². The molecule has 0 radical (unpaired) electrons. The Balaban J connectivity index is 2.51. The smallest absolute Gasteiger partial charge is 0.0343 e. The minimum Gasteiger partial charge on any atom is -0.388 e. The Morgan fingerprint density at radius 2 is 1.78 bits per heavy atom. The van der Waals surface area contributed by atoms with E-state index in [0.29, 0.717) is 5.92 Å². The van der Waals surface area contributed by atoms with E-state index in [1.165, 1.54) is 22.3 Å². The number of nitrogens with one attached hydrogen (secondary N) is 1. The van der Waals surface area contributed by atoms with Gasteiger partial charge >= 0.3 is 0 Å². The van der Waals surface area contributed by atoms with Crippen LogP contribution in [0.15, 0.2) is 42.5 Å². The van der Waals surface area contributed by atoms with Crippen LogP contribution in [0.3, 0.4) is 0 Å². The average molecular weight is 239 g/mol. The van der Waals surface area contributed by atoms with Gasteiger partial charge in [-0.25, -0.2) is 0 Å². The second-order valence-corrected chi connectivity index (χ2v) is 5.06. The Hall–Kier alpha value is -1.76. The molecule has 0 aliphatic rings. The summed E-state index contributed by atoms with van der Waals surface area (Å²) < 4.78 is 0. The molecule has 0 bridgehead atoms. The summed E-state index contributed by atoms with van der Waals surface area (Å²) in [7, 11) is 1.95. The zero-order valence-corrected chi connectivity index (χ0v) is 11.6. The van der Waals surface area contributed by atoms with E-state index in [0.717, 1.165) is 5.69 Å². The van der Waals surface area contributed by atoms with E-state index in [-0.39, 0.29) is 0 Å². The lowest BCUT2D eigenvalue weighted by molar-refractivity contribution is 0.866. The third-order valence-electron chi connectivity index (χ3n) is 3.39. The first-order valence-corrected chi connectivity index (χ1v) is 6.50. The fourth-order valence-corrected chi connectivity index (χ4v) is 2.15. The molecule has 0 aliphatic heterocycles. The molecule has 0 saturated carbocycles. The van der Waals surface area contributed by atoms with Crippen LogP contribution in [0.25, 0.3) is 11.1 Å². The van der Waals surface area contributed by atoms with Gasteiger partial charge in [0.2, 0.25) is 0 Å². The number of benzene rings is 2. The van der Waals surface area contributed by atoms with Crippen molar-refractivity contribution in [2.45, 2.75) is 26.7 Å². The predicted molar refractivity (Wildman–Crippen MR) is 80.3 cm³/mol. The van der Waals surface area contributed by atoms with Crippen molar-refractivity contribution in [2.24, 2.45) is 0 Å². The quantitative estimate of drug-likeness (QED) is 0.809. The van der Waals surface area contributed by atoms with Crippen LogP contribution in [-0.4, -0.2) is 7.05 Å². The number of anilines is 1. The highest BCUT2D eigenvalue weighted by molar-refractivity contribution is 5.71. The normalized spacial score (nSPS) is 10.7. The minimum absolute atomic E-state index is 0.567. The molecule has 0 aromatic heterocycles. The van der Waals surface area contributed by atoms with E-state index < -0.39 is 0 Å². The van der Waals surface area contributed by atoms with Gasteiger partial charge in [-0.15, -0.1) is 0 Å². The van der Waals surface area contributed by atoms with Crippen LogP contribution in [0.2, 0.25) is 0 Å². The first-order valence-electron chi connectivity index (χ1n) is 6.50. The molecule has 94 valence electrons. The lowest BCUT2D eigenvalue weighted by Crippen LogP contribution is -1.92. The monoisotopic (exact) mass is 239 g/mol. The Morgan fingerprint density at radius 3 is 2.44 bits per heavy atom. The molecule has 0 fully saturated rings. The van der Waals surface area contributed by atoms with Gasteiger partial charge in [0.1, 0.15) is 0 Å². The van der Waals surface area contributed by atoms with Gasteiger partial charge in [-0.2, -0.15) is 0 Å². The van der Waals surface area contributed by atoms with Crippen molar-refractivity contribution in [3.05, 3.63) is 53.6 Å². The summed E-state index contributed by atoms with van der Waals surface area (Å²) in [5.74, 6) is 0.567. The van der Waals surface area contributed by atoms with Crippen molar-refractivity contribution < 1.29 is 0 Å². The summed E-state index contributed by atoms with van der Waals surface area (Å²) in [5.41, 5.74) is 6.49. The minimum atomic E-state index is 0.567. The topological polar surface area (TPSA) is 12.0 Å². The number of hydrogen-bond acceptors (Lipinski definition) is 1. The highest BCUT2D eigenvalue weighted by Gasteiger charge is 2.06. The van der Waals surface area contributed by atoms with Crippen molar-refractivity contribution in [2.75, 3.05) is 12.4 Å². The summed E-state index contributed by atoms with van der Waals surface area (Å²) in [6.07, 6.45) is 0. The Labute approximate surface area is 110 Å². The molecular weight excluding hydrogens is 218 g/mol. The van der Waals surface area contributed by atoms with Gasteiger partial charge in [-0.05, 0) is 47.2 Å². The van der Waals surface area contributed by atoms with Gasteiger partial charge in [0.25, 0.3) is 0 Å². The van der Waals surface area contributed by atoms with Crippen LogP contribution in [0, 0.1) is 6.92 Å². The standard InChI is InChI=1S/C17H21N/c1-12(2)14-9-8-13(3)17(11-14)15-6-5-7-16(10-15)18-4/h5-12,18H,1-4H3. The average Bonchev–Trinajstić information content (AvgIpc) is 2.39. The second kappa shape index (κ2) is 5.26. The van der Waals surface area contributed by atoms with Crippen LogP contribution in [-0.2, 0) is 0 Å². The van der Waals surface area contributed by atoms with Crippen LogP contribution < -0.4 is 5.32 Å². The number of aryl methyl sites for hydroxylation is 1. The van der Waals surface area contributed by atoms with Gasteiger partial charge in [0, 0.05) is 12.7 Å². The van der Waals surface area contributed by atoms with Gasteiger partial charge in [0.15, 0.2) is 0 Å². The molecule has 0 heterocycles. The van der Waals surface area contributed by atoms with Crippen molar-refractivity contribution in [3.63, 3.8) is 0 Å². The van der Waals surface area contributed by atoms with Gasteiger partial charge < -0.3 is 5.32 Å². The molecule has 1 nitrogen and oxygen atoms in total. The van der Waals surface area contributed by atoms with Crippen LogP contribution >= 0.6 is 0 Å². The number of hydrogen-bond donors (Lipinski definition) is 1. The van der Waals surface area contributed by atoms with Gasteiger partial charge in [0.05, 0.1) is 0 Å². The summed E-state index contributed by atoms with van der Waals surface area (Å²) in [6.45, 7) is 6.64. The molecule has 18 heavy (non-hydrogen) atoms.